The van der Waals surface area contributed by atoms with Crippen LogP contribution in [0.15, 0.2) is 35.3 Å². The van der Waals surface area contributed by atoms with Crippen LogP contribution in [0.5, 0.6) is 0 Å². The van der Waals surface area contributed by atoms with Crippen LogP contribution in [-0.4, -0.2) is 56.0 Å². The number of guanidine groups is 1. The van der Waals surface area contributed by atoms with Crippen molar-refractivity contribution in [1.29, 1.82) is 0 Å². The molecule has 27 heavy (non-hydrogen) atoms. The second-order valence-electron chi connectivity index (χ2n) is 7.09. The predicted octanol–water partition coefficient (Wildman–Crippen LogP) is 2.37. The Balaban J connectivity index is 2.23. The molecule has 0 fully saturated rings. The molecule has 2 atom stereocenters. The maximum atomic E-state index is 11.8. The fourth-order valence-corrected chi connectivity index (χ4v) is 2.61. The molecule has 1 rings (SSSR count). The number of carbonyl (C=O) groups excluding carboxylic acids is 1. The number of rotatable bonds is 11. The molecule has 2 unspecified atom stereocenters. The second-order valence-corrected chi connectivity index (χ2v) is 7.09. The summed E-state index contributed by atoms with van der Waals surface area (Å²) in [6, 6.07) is 11.2. The summed E-state index contributed by atoms with van der Waals surface area (Å²) in [6.07, 6.45) is 2.40. The zero-order valence-corrected chi connectivity index (χ0v) is 17.6. The van der Waals surface area contributed by atoms with E-state index in [0.29, 0.717) is 19.0 Å². The molecule has 0 saturated heterocycles. The third kappa shape index (κ3) is 9.99. The van der Waals surface area contributed by atoms with Crippen molar-refractivity contribution in [3.63, 3.8) is 0 Å². The van der Waals surface area contributed by atoms with Crippen molar-refractivity contribution >= 4 is 11.9 Å². The molecule has 6 heteroatoms. The summed E-state index contributed by atoms with van der Waals surface area (Å²) in [5.41, 5.74) is 1.33. The summed E-state index contributed by atoms with van der Waals surface area (Å²) < 4.78 is 0. The molecule has 0 aliphatic carbocycles. The highest BCUT2D eigenvalue weighted by molar-refractivity contribution is 5.81. The van der Waals surface area contributed by atoms with Crippen LogP contribution in [0.1, 0.15) is 45.6 Å². The Labute approximate surface area is 164 Å². The highest BCUT2D eigenvalue weighted by Crippen LogP contribution is 2.07. The lowest BCUT2D eigenvalue weighted by Crippen LogP contribution is -2.41. The lowest BCUT2D eigenvalue weighted by Gasteiger charge is -2.25. The molecule has 3 N–H and O–H groups in total. The lowest BCUT2D eigenvalue weighted by atomic mass is 10.1. The summed E-state index contributed by atoms with van der Waals surface area (Å²) >= 11 is 0. The molecule has 1 aromatic carbocycles. The van der Waals surface area contributed by atoms with Gasteiger partial charge in [0, 0.05) is 45.2 Å². The van der Waals surface area contributed by atoms with Crippen molar-refractivity contribution in [2.24, 2.45) is 4.99 Å². The Morgan fingerprint density at radius 1 is 1.15 bits per heavy atom. The number of hydrogen-bond acceptors (Lipinski definition) is 3. The Hall–Kier alpha value is -2.08. The molecule has 0 bridgehead atoms. The van der Waals surface area contributed by atoms with Crippen molar-refractivity contribution in [1.82, 2.24) is 20.9 Å². The zero-order valence-electron chi connectivity index (χ0n) is 17.6. The van der Waals surface area contributed by atoms with Gasteiger partial charge in [-0.25, -0.2) is 0 Å². The summed E-state index contributed by atoms with van der Waals surface area (Å²) in [5, 5.41) is 9.49. The molecule has 1 aromatic rings. The van der Waals surface area contributed by atoms with Crippen LogP contribution in [0, 0.1) is 0 Å². The number of benzene rings is 1. The van der Waals surface area contributed by atoms with Gasteiger partial charge in [0.25, 0.3) is 0 Å². The first kappa shape index (κ1) is 23.0. The van der Waals surface area contributed by atoms with E-state index in [4.69, 9.17) is 0 Å². The van der Waals surface area contributed by atoms with Gasteiger partial charge in [0.2, 0.25) is 5.91 Å². The molecule has 0 aliphatic heterocycles. The van der Waals surface area contributed by atoms with Crippen LogP contribution >= 0.6 is 0 Å². The van der Waals surface area contributed by atoms with Crippen LogP contribution < -0.4 is 16.0 Å². The summed E-state index contributed by atoms with van der Waals surface area (Å²) in [6.45, 7) is 8.67. The molecular weight excluding hydrogens is 338 g/mol. The molecule has 0 aliphatic rings. The molecule has 1 amide bonds. The summed E-state index contributed by atoms with van der Waals surface area (Å²) in [5.74, 6) is 0.813. The number of carbonyl (C=O) groups is 1. The van der Waals surface area contributed by atoms with Crippen LogP contribution in [0.25, 0.3) is 0 Å². The largest absolute Gasteiger partial charge is 0.356 e. The monoisotopic (exact) mass is 375 g/mol. The normalized spacial score (nSPS) is 13.9. The molecule has 0 aromatic heterocycles. The minimum absolute atomic E-state index is 0.0727. The van der Waals surface area contributed by atoms with E-state index in [1.807, 2.05) is 13.0 Å². The Bertz CT molecular complexity index is 561. The number of nitrogens with one attached hydrogen (secondary N) is 3. The predicted molar refractivity (Wildman–Crippen MR) is 114 cm³/mol. The van der Waals surface area contributed by atoms with Gasteiger partial charge >= 0.3 is 0 Å². The molecule has 0 heterocycles. The van der Waals surface area contributed by atoms with Gasteiger partial charge in [-0.15, -0.1) is 0 Å². The molecule has 152 valence electrons. The van der Waals surface area contributed by atoms with Crippen molar-refractivity contribution in [2.75, 3.05) is 27.2 Å². The SMILES string of the molecule is CCC(C)NC(=O)CCNC(=NC)NCCC(C)N(C)Cc1ccccc1. The van der Waals surface area contributed by atoms with Gasteiger partial charge in [0.05, 0.1) is 0 Å². The first-order valence-electron chi connectivity index (χ1n) is 9.94. The van der Waals surface area contributed by atoms with Gasteiger partial charge in [0.1, 0.15) is 0 Å². The third-order valence-corrected chi connectivity index (χ3v) is 4.77. The van der Waals surface area contributed by atoms with E-state index in [0.717, 1.165) is 31.9 Å². The van der Waals surface area contributed by atoms with Crippen molar-refractivity contribution in [3.8, 4) is 0 Å². The van der Waals surface area contributed by atoms with Gasteiger partial charge in [-0.1, -0.05) is 37.3 Å². The molecular formula is C21H37N5O. The Kier molecular flexibility index (Phi) is 11.2. The third-order valence-electron chi connectivity index (χ3n) is 4.77. The second kappa shape index (κ2) is 13.1. The van der Waals surface area contributed by atoms with E-state index in [1.165, 1.54) is 5.56 Å². The topological polar surface area (TPSA) is 68.8 Å². The zero-order chi connectivity index (χ0) is 20.1. The maximum absolute atomic E-state index is 11.8. The van der Waals surface area contributed by atoms with Gasteiger partial charge in [0.15, 0.2) is 5.96 Å². The number of nitrogens with zero attached hydrogens (tertiary/aromatic N) is 2. The van der Waals surface area contributed by atoms with Gasteiger partial charge in [-0.05, 0) is 39.3 Å². The maximum Gasteiger partial charge on any atom is 0.221 e. The molecule has 6 nitrogen and oxygen atoms in total. The van der Waals surface area contributed by atoms with Crippen LogP contribution in [0.2, 0.25) is 0 Å². The lowest BCUT2D eigenvalue weighted by molar-refractivity contribution is -0.121. The highest BCUT2D eigenvalue weighted by Gasteiger charge is 2.10. The van der Waals surface area contributed by atoms with Gasteiger partial charge < -0.3 is 16.0 Å². The first-order valence-corrected chi connectivity index (χ1v) is 9.94. The fraction of sp³-hybridized carbons (Fsp3) is 0.619. The highest BCUT2D eigenvalue weighted by atomic mass is 16.1. The van der Waals surface area contributed by atoms with Crippen LogP contribution in [-0.2, 0) is 11.3 Å². The number of aliphatic imine (C=N–C) groups is 1. The van der Waals surface area contributed by atoms with Crippen LogP contribution in [0.3, 0.4) is 0 Å². The van der Waals surface area contributed by atoms with Crippen molar-refractivity contribution in [2.45, 2.75) is 58.7 Å². The average Bonchev–Trinajstić information content (AvgIpc) is 2.67. The minimum atomic E-state index is 0.0727. The quantitative estimate of drug-likeness (QED) is 0.410. The van der Waals surface area contributed by atoms with Gasteiger partial charge in [-0.3, -0.25) is 14.7 Å². The molecule has 0 radical (unpaired) electrons. The molecule has 0 saturated carbocycles. The van der Waals surface area contributed by atoms with Crippen molar-refractivity contribution < 1.29 is 4.79 Å². The number of hydrogen-bond donors (Lipinski definition) is 3. The number of amides is 1. The van der Waals surface area contributed by atoms with E-state index in [9.17, 15) is 4.79 Å². The summed E-state index contributed by atoms with van der Waals surface area (Å²) in [7, 11) is 3.90. The van der Waals surface area contributed by atoms with E-state index >= 15 is 0 Å². The molecule has 0 spiro atoms. The average molecular weight is 376 g/mol. The minimum Gasteiger partial charge on any atom is -0.356 e. The van der Waals surface area contributed by atoms with Crippen LogP contribution in [0.4, 0.5) is 0 Å². The Morgan fingerprint density at radius 3 is 2.44 bits per heavy atom. The Morgan fingerprint density at radius 2 is 1.81 bits per heavy atom. The van der Waals surface area contributed by atoms with E-state index in [-0.39, 0.29) is 11.9 Å². The van der Waals surface area contributed by atoms with E-state index in [2.05, 4.69) is 71.0 Å². The van der Waals surface area contributed by atoms with Gasteiger partial charge in [-0.2, -0.15) is 0 Å². The first-order chi connectivity index (χ1) is 13.0. The van der Waals surface area contributed by atoms with Crippen molar-refractivity contribution in [3.05, 3.63) is 35.9 Å². The standard InChI is InChI=1S/C21H37N5O/c1-6-17(2)25-20(27)13-15-24-21(22-4)23-14-12-18(3)26(5)16-19-10-8-7-9-11-19/h7-11,17-18H,6,12-16H2,1-5H3,(H,25,27)(H2,22,23,24). The van der Waals surface area contributed by atoms with E-state index < -0.39 is 0 Å². The smallest absolute Gasteiger partial charge is 0.221 e. The summed E-state index contributed by atoms with van der Waals surface area (Å²) in [4.78, 5) is 18.4. The van der Waals surface area contributed by atoms with E-state index in [1.54, 1.807) is 7.05 Å². The fourth-order valence-electron chi connectivity index (χ4n) is 2.61.